The van der Waals surface area contributed by atoms with Crippen LogP contribution >= 0.6 is 0 Å². The molecule has 1 aliphatic rings. The summed E-state index contributed by atoms with van der Waals surface area (Å²) in [4.78, 5) is 25.0. The molecule has 1 aromatic rings. The number of carbonyl (C=O) groups is 2. The number of hydrogen-bond acceptors (Lipinski definition) is 3. The number of carbonyl (C=O) groups excluding carboxylic acids is 2. The lowest BCUT2D eigenvalue weighted by molar-refractivity contribution is -0.926. The van der Waals surface area contributed by atoms with Gasteiger partial charge in [0.1, 0.15) is 5.82 Å². The predicted octanol–water partition coefficient (Wildman–Crippen LogP) is 3.27. The molecule has 0 aliphatic carbocycles. The fourth-order valence-corrected chi connectivity index (χ4v) is 3.41. The molecule has 0 aromatic heterocycles. The number of benzene rings is 1. The van der Waals surface area contributed by atoms with Crippen LogP contribution in [-0.4, -0.2) is 49.1 Å². The van der Waals surface area contributed by atoms with Crippen molar-refractivity contribution < 1.29 is 23.2 Å². The summed E-state index contributed by atoms with van der Waals surface area (Å²) in [6.07, 6.45) is 3.42. The number of nitrogens with one attached hydrogen (secondary N) is 1. The first-order valence-electron chi connectivity index (χ1n) is 8.91. The predicted molar refractivity (Wildman–Crippen MR) is 95.0 cm³/mol. The number of ether oxygens (including phenoxy) is 1. The molecule has 0 bridgehead atoms. The molecule has 5 nitrogen and oxygen atoms in total. The summed E-state index contributed by atoms with van der Waals surface area (Å²) in [6.45, 7) is 7.37. The number of esters is 1. The van der Waals surface area contributed by atoms with Gasteiger partial charge < -0.3 is 14.5 Å². The lowest BCUT2D eigenvalue weighted by Gasteiger charge is -2.41. The summed E-state index contributed by atoms with van der Waals surface area (Å²) in [5.41, 5.74) is 0.895. The van der Waals surface area contributed by atoms with Crippen LogP contribution in [0.3, 0.4) is 0 Å². The van der Waals surface area contributed by atoms with E-state index in [-0.39, 0.29) is 24.1 Å². The Morgan fingerprint density at radius 3 is 2.52 bits per heavy atom. The first-order chi connectivity index (χ1) is 11.8. The summed E-state index contributed by atoms with van der Waals surface area (Å²) in [6, 6.07) is 2.17. The van der Waals surface area contributed by atoms with Gasteiger partial charge in [-0.2, -0.15) is 0 Å². The monoisotopic (exact) mass is 351 g/mol. The van der Waals surface area contributed by atoms with E-state index in [1.165, 1.54) is 12.5 Å². The minimum absolute atomic E-state index is 0.0567. The molecule has 25 heavy (non-hydrogen) atoms. The van der Waals surface area contributed by atoms with Crippen LogP contribution in [0.2, 0.25) is 0 Å². The minimum Gasteiger partial charge on any atom is -0.462 e. The molecule has 2 rings (SSSR count). The van der Waals surface area contributed by atoms with Crippen LogP contribution in [0.25, 0.3) is 0 Å². The second-order valence-electron chi connectivity index (χ2n) is 7.02. The summed E-state index contributed by atoms with van der Waals surface area (Å²) >= 11 is 0. The van der Waals surface area contributed by atoms with E-state index >= 15 is 0 Å². The first-order valence-corrected chi connectivity index (χ1v) is 8.91. The van der Waals surface area contributed by atoms with Crippen LogP contribution in [0.15, 0.2) is 12.1 Å². The first kappa shape index (κ1) is 19.4. The van der Waals surface area contributed by atoms with E-state index in [9.17, 15) is 14.0 Å². The van der Waals surface area contributed by atoms with E-state index in [1.54, 1.807) is 13.8 Å². The minimum atomic E-state index is -0.633. The standard InChI is InChI=1S/C19H27FN2O3/c1-5-25-19(24)16-12-15(20)11-13(2)17(16)21-18(23)14(3)22(4)9-7-6-8-10-22/h11-12,14H,5-10H2,1-4H3/p+1. The van der Waals surface area contributed by atoms with Gasteiger partial charge >= 0.3 is 5.97 Å². The second kappa shape index (κ2) is 7.95. The Kier molecular flexibility index (Phi) is 6.16. The van der Waals surface area contributed by atoms with Crippen molar-refractivity contribution in [2.75, 3.05) is 32.1 Å². The maximum absolute atomic E-state index is 13.7. The van der Waals surface area contributed by atoms with E-state index in [1.807, 2.05) is 6.92 Å². The van der Waals surface area contributed by atoms with Gasteiger partial charge in [-0.3, -0.25) is 4.79 Å². The topological polar surface area (TPSA) is 55.4 Å². The highest BCUT2D eigenvalue weighted by Crippen LogP contribution is 2.26. The quantitative estimate of drug-likeness (QED) is 0.654. The van der Waals surface area contributed by atoms with Gasteiger partial charge in [0, 0.05) is 0 Å². The van der Waals surface area contributed by atoms with E-state index < -0.39 is 11.8 Å². The molecular weight excluding hydrogens is 323 g/mol. The van der Waals surface area contributed by atoms with Crippen molar-refractivity contribution in [3.05, 3.63) is 29.1 Å². The van der Waals surface area contributed by atoms with Gasteiger partial charge in [-0.1, -0.05) is 0 Å². The number of piperidine rings is 1. The molecule has 1 atom stereocenters. The number of anilines is 1. The Hall–Kier alpha value is -1.95. The summed E-state index contributed by atoms with van der Waals surface area (Å²) in [5.74, 6) is -1.32. The van der Waals surface area contributed by atoms with Crippen LogP contribution < -0.4 is 5.32 Å². The molecule has 138 valence electrons. The van der Waals surface area contributed by atoms with Gasteiger partial charge in [0.2, 0.25) is 0 Å². The third-order valence-corrected chi connectivity index (χ3v) is 5.20. The van der Waals surface area contributed by atoms with Crippen LogP contribution in [-0.2, 0) is 9.53 Å². The zero-order valence-corrected chi connectivity index (χ0v) is 15.5. The number of halogens is 1. The van der Waals surface area contributed by atoms with Crippen molar-refractivity contribution in [2.45, 2.75) is 46.1 Å². The molecule has 0 radical (unpaired) electrons. The van der Waals surface area contributed by atoms with E-state index in [0.29, 0.717) is 15.7 Å². The summed E-state index contributed by atoms with van der Waals surface area (Å²) < 4.78 is 19.4. The van der Waals surface area contributed by atoms with Gasteiger partial charge in [0.15, 0.2) is 6.04 Å². The zero-order valence-electron chi connectivity index (χ0n) is 15.5. The number of hydrogen-bond donors (Lipinski definition) is 1. The van der Waals surface area contributed by atoms with Gasteiger partial charge in [-0.15, -0.1) is 0 Å². The van der Waals surface area contributed by atoms with Crippen molar-refractivity contribution >= 4 is 17.6 Å². The molecule has 1 fully saturated rings. The van der Waals surface area contributed by atoms with Crippen LogP contribution in [0.4, 0.5) is 10.1 Å². The molecule has 1 saturated heterocycles. The highest BCUT2D eigenvalue weighted by Gasteiger charge is 2.36. The summed E-state index contributed by atoms with van der Waals surface area (Å²) in [5, 5.41) is 2.85. The molecule has 1 amide bonds. The van der Waals surface area contributed by atoms with Gasteiger partial charge in [-0.25, -0.2) is 9.18 Å². The number of quaternary nitrogens is 1. The SMILES string of the molecule is CCOC(=O)c1cc(F)cc(C)c1NC(=O)C(C)[N+]1(C)CCCCC1. The molecule has 1 N–H and O–H groups in total. The average molecular weight is 351 g/mol. The van der Waals surface area contributed by atoms with Gasteiger partial charge in [0.25, 0.3) is 5.91 Å². The Labute approximate surface area is 148 Å². The Morgan fingerprint density at radius 2 is 1.92 bits per heavy atom. The molecule has 1 heterocycles. The van der Waals surface area contributed by atoms with Crippen LogP contribution in [0.1, 0.15) is 49.0 Å². The molecule has 0 spiro atoms. The van der Waals surface area contributed by atoms with E-state index in [2.05, 4.69) is 12.4 Å². The Balaban J connectivity index is 2.26. The maximum atomic E-state index is 13.7. The van der Waals surface area contributed by atoms with Crippen molar-refractivity contribution in [1.82, 2.24) is 0 Å². The Morgan fingerprint density at radius 1 is 1.28 bits per heavy atom. The maximum Gasteiger partial charge on any atom is 0.340 e. The van der Waals surface area contributed by atoms with Crippen LogP contribution in [0.5, 0.6) is 0 Å². The molecule has 6 heteroatoms. The lowest BCUT2D eigenvalue weighted by atomic mass is 10.0. The molecule has 0 saturated carbocycles. The van der Waals surface area contributed by atoms with Gasteiger partial charge in [-0.05, 0) is 57.7 Å². The van der Waals surface area contributed by atoms with E-state index in [0.717, 1.165) is 32.0 Å². The third kappa shape index (κ3) is 4.37. The van der Waals surface area contributed by atoms with Crippen molar-refractivity contribution in [3.63, 3.8) is 0 Å². The second-order valence-corrected chi connectivity index (χ2v) is 7.02. The highest BCUT2D eigenvalue weighted by atomic mass is 19.1. The number of likely N-dealkylation sites (N-methyl/N-ethyl adjacent to an activating group) is 1. The zero-order chi connectivity index (χ0) is 18.6. The number of rotatable bonds is 5. The third-order valence-electron chi connectivity index (χ3n) is 5.20. The number of nitrogens with zero attached hydrogens (tertiary/aromatic N) is 1. The molecule has 1 unspecified atom stereocenters. The molecule has 1 aromatic carbocycles. The van der Waals surface area contributed by atoms with Crippen molar-refractivity contribution in [3.8, 4) is 0 Å². The number of amides is 1. The van der Waals surface area contributed by atoms with E-state index in [4.69, 9.17) is 4.74 Å². The van der Waals surface area contributed by atoms with Crippen LogP contribution in [0, 0.1) is 12.7 Å². The summed E-state index contributed by atoms with van der Waals surface area (Å²) in [7, 11) is 2.09. The largest absolute Gasteiger partial charge is 0.462 e. The lowest BCUT2D eigenvalue weighted by Crippen LogP contribution is -2.58. The number of likely N-dealkylation sites (tertiary alicyclic amines) is 1. The smallest absolute Gasteiger partial charge is 0.340 e. The average Bonchev–Trinajstić information content (AvgIpc) is 2.57. The van der Waals surface area contributed by atoms with Crippen molar-refractivity contribution in [1.29, 1.82) is 0 Å². The molecular formula is C19H28FN2O3+. The highest BCUT2D eigenvalue weighted by molar-refractivity contribution is 6.03. The Bertz CT molecular complexity index is 654. The normalized spacial score (nSPS) is 17.6. The molecule has 1 aliphatic heterocycles. The van der Waals surface area contributed by atoms with Crippen molar-refractivity contribution in [2.24, 2.45) is 0 Å². The fraction of sp³-hybridized carbons (Fsp3) is 0.579. The number of aryl methyl sites for hydroxylation is 1. The van der Waals surface area contributed by atoms with Gasteiger partial charge in [0.05, 0.1) is 38.0 Å². The fourth-order valence-electron chi connectivity index (χ4n) is 3.41.